The van der Waals surface area contributed by atoms with E-state index >= 15 is 0 Å². The van der Waals surface area contributed by atoms with Crippen LogP contribution in [0.5, 0.6) is 0 Å². The Kier molecular flexibility index (Phi) is 4.42. The third-order valence-corrected chi connectivity index (χ3v) is 4.73. The number of benzene rings is 1. The van der Waals surface area contributed by atoms with Crippen molar-refractivity contribution in [2.45, 2.75) is 37.6 Å². The molecule has 0 bridgehead atoms. The molecule has 3 heteroatoms. The highest BCUT2D eigenvalue weighted by atomic mass is 35.5. The largest absolute Gasteiger partial charge is 0.381 e. The van der Waals surface area contributed by atoms with E-state index in [1.54, 1.807) is 0 Å². The lowest BCUT2D eigenvalue weighted by Gasteiger charge is -2.37. The molecule has 0 atom stereocenters. The van der Waals surface area contributed by atoms with Gasteiger partial charge in [0.05, 0.1) is 0 Å². The molecular weight excluding hydrogens is 258 g/mol. The second-order valence-electron chi connectivity index (χ2n) is 5.88. The van der Waals surface area contributed by atoms with Crippen molar-refractivity contribution in [2.75, 3.05) is 19.8 Å². The molecule has 1 saturated heterocycles. The second kappa shape index (κ2) is 6.25. The maximum absolute atomic E-state index is 6.04. The number of hydrogen-bond acceptors (Lipinski definition) is 2. The predicted molar refractivity (Wildman–Crippen MR) is 78.8 cm³/mol. The van der Waals surface area contributed by atoms with E-state index in [2.05, 4.69) is 23.5 Å². The van der Waals surface area contributed by atoms with Gasteiger partial charge in [-0.2, -0.15) is 0 Å². The van der Waals surface area contributed by atoms with Crippen LogP contribution in [-0.2, 0) is 4.74 Å². The topological polar surface area (TPSA) is 21.3 Å². The van der Waals surface area contributed by atoms with E-state index in [4.69, 9.17) is 16.3 Å². The molecule has 1 heterocycles. The summed E-state index contributed by atoms with van der Waals surface area (Å²) in [5.74, 6) is 1.52. The van der Waals surface area contributed by atoms with Crippen molar-refractivity contribution >= 4 is 11.6 Å². The molecule has 19 heavy (non-hydrogen) atoms. The van der Waals surface area contributed by atoms with Crippen LogP contribution in [0.1, 0.15) is 37.2 Å². The van der Waals surface area contributed by atoms with Gasteiger partial charge in [0.25, 0.3) is 0 Å². The Morgan fingerprint density at radius 2 is 2.00 bits per heavy atom. The lowest BCUT2D eigenvalue weighted by Crippen LogP contribution is -2.42. The first kappa shape index (κ1) is 13.4. The van der Waals surface area contributed by atoms with Gasteiger partial charge in [0.2, 0.25) is 0 Å². The van der Waals surface area contributed by atoms with Gasteiger partial charge < -0.3 is 10.1 Å². The Morgan fingerprint density at radius 3 is 2.74 bits per heavy atom. The normalized spacial score (nSPS) is 28.1. The minimum Gasteiger partial charge on any atom is -0.381 e. The fourth-order valence-corrected chi connectivity index (χ4v) is 3.30. The van der Waals surface area contributed by atoms with Gasteiger partial charge in [-0.1, -0.05) is 23.7 Å². The van der Waals surface area contributed by atoms with Crippen LogP contribution in [0.25, 0.3) is 0 Å². The van der Waals surface area contributed by atoms with Crippen molar-refractivity contribution in [1.29, 1.82) is 0 Å². The van der Waals surface area contributed by atoms with Gasteiger partial charge in [-0.15, -0.1) is 0 Å². The fourth-order valence-electron chi connectivity index (χ4n) is 3.10. The molecule has 1 N–H and O–H groups in total. The van der Waals surface area contributed by atoms with E-state index in [9.17, 15) is 0 Å². The first-order valence-electron chi connectivity index (χ1n) is 7.38. The van der Waals surface area contributed by atoms with E-state index in [0.717, 1.165) is 30.7 Å². The monoisotopic (exact) mass is 279 g/mol. The minimum absolute atomic E-state index is 0.700. The molecule has 1 aliphatic carbocycles. The Morgan fingerprint density at radius 1 is 1.21 bits per heavy atom. The van der Waals surface area contributed by atoms with Crippen LogP contribution < -0.4 is 5.32 Å². The molecular formula is C16H22ClNO. The van der Waals surface area contributed by atoms with E-state index in [-0.39, 0.29) is 0 Å². The van der Waals surface area contributed by atoms with Crippen molar-refractivity contribution in [3.05, 3.63) is 34.9 Å². The average molecular weight is 280 g/mol. The summed E-state index contributed by atoms with van der Waals surface area (Å²) in [6.45, 7) is 3.06. The highest BCUT2D eigenvalue weighted by Crippen LogP contribution is 2.37. The van der Waals surface area contributed by atoms with Crippen LogP contribution in [0.3, 0.4) is 0 Å². The molecule has 1 aromatic rings. The second-order valence-corrected chi connectivity index (χ2v) is 6.32. The first-order valence-corrected chi connectivity index (χ1v) is 7.75. The zero-order chi connectivity index (χ0) is 13.1. The standard InChI is InChI=1S/C16H22ClNO/c17-15-3-1-2-13(8-15)14-9-16(10-14)18-11-12-4-6-19-7-5-12/h1-3,8,12,14,16,18H,4-7,9-11H2. The molecule has 0 unspecified atom stereocenters. The Hall–Kier alpha value is -0.570. The molecule has 0 aromatic heterocycles. The zero-order valence-electron chi connectivity index (χ0n) is 11.3. The SMILES string of the molecule is Clc1cccc(C2CC(NCC3CCOCC3)C2)c1. The number of ether oxygens (including phenoxy) is 1. The van der Waals surface area contributed by atoms with E-state index in [1.807, 2.05) is 6.07 Å². The molecule has 2 aliphatic rings. The molecule has 2 nitrogen and oxygen atoms in total. The molecule has 1 aliphatic heterocycles. The highest BCUT2D eigenvalue weighted by molar-refractivity contribution is 6.30. The highest BCUT2D eigenvalue weighted by Gasteiger charge is 2.30. The number of halogens is 1. The molecule has 1 aromatic carbocycles. The zero-order valence-corrected chi connectivity index (χ0v) is 12.0. The number of rotatable bonds is 4. The molecule has 104 valence electrons. The molecule has 0 amide bonds. The minimum atomic E-state index is 0.700. The van der Waals surface area contributed by atoms with Crippen molar-refractivity contribution in [1.82, 2.24) is 5.32 Å². The van der Waals surface area contributed by atoms with Gasteiger partial charge in [0.15, 0.2) is 0 Å². The van der Waals surface area contributed by atoms with Crippen LogP contribution in [0.4, 0.5) is 0 Å². The number of hydrogen-bond donors (Lipinski definition) is 1. The quantitative estimate of drug-likeness (QED) is 0.909. The maximum atomic E-state index is 6.04. The average Bonchev–Trinajstić information content (AvgIpc) is 2.38. The first-order chi connectivity index (χ1) is 9.31. The smallest absolute Gasteiger partial charge is 0.0469 e. The molecule has 0 spiro atoms. The van der Waals surface area contributed by atoms with Crippen molar-refractivity contribution in [3.63, 3.8) is 0 Å². The lowest BCUT2D eigenvalue weighted by molar-refractivity contribution is 0.0640. The third-order valence-electron chi connectivity index (χ3n) is 4.49. The van der Waals surface area contributed by atoms with Gasteiger partial charge in [-0.05, 0) is 61.8 Å². The summed E-state index contributed by atoms with van der Waals surface area (Å²) in [6.07, 6.45) is 4.95. The summed E-state index contributed by atoms with van der Waals surface area (Å²) in [5, 5.41) is 4.57. The Labute approximate surface area is 120 Å². The summed E-state index contributed by atoms with van der Waals surface area (Å²) in [4.78, 5) is 0. The molecule has 3 rings (SSSR count). The fraction of sp³-hybridized carbons (Fsp3) is 0.625. The predicted octanol–water partition coefficient (Wildman–Crippen LogP) is 3.60. The van der Waals surface area contributed by atoms with E-state index in [0.29, 0.717) is 12.0 Å². The molecule has 2 fully saturated rings. The summed E-state index contributed by atoms with van der Waals surface area (Å²) in [6, 6.07) is 9.02. The summed E-state index contributed by atoms with van der Waals surface area (Å²) < 4.78 is 5.39. The third kappa shape index (κ3) is 3.50. The number of nitrogens with one attached hydrogen (secondary N) is 1. The van der Waals surface area contributed by atoms with Gasteiger partial charge in [0, 0.05) is 24.3 Å². The van der Waals surface area contributed by atoms with Crippen LogP contribution in [0.2, 0.25) is 5.02 Å². The Balaban J connectivity index is 1.40. The summed E-state index contributed by atoms with van der Waals surface area (Å²) in [5.41, 5.74) is 1.40. The lowest BCUT2D eigenvalue weighted by atomic mass is 9.75. The van der Waals surface area contributed by atoms with Crippen molar-refractivity contribution in [3.8, 4) is 0 Å². The van der Waals surface area contributed by atoms with Crippen molar-refractivity contribution < 1.29 is 4.74 Å². The van der Waals surface area contributed by atoms with Crippen LogP contribution in [-0.4, -0.2) is 25.8 Å². The van der Waals surface area contributed by atoms with E-state index in [1.165, 1.54) is 31.2 Å². The summed E-state index contributed by atoms with van der Waals surface area (Å²) >= 11 is 6.04. The van der Waals surface area contributed by atoms with Gasteiger partial charge in [-0.25, -0.2) is 0 Å². The van der Waals surface area contributed by atoms with Gasteiger partial charge >= 0.3 is 0 Å². The van der Waals surface area contributed by atoms with E-state index < -0.39 is 0 Å². The molecule has 0 radical (unpaired) electrons. The Bertz CT molecular complexity index is 411. The summed E-state index contributed by atoms with van der Waals surface area (Å²) in [7, 11) is 0. The van der Waals surface area contributed by atoms with Gasteiger partial charge in [0.1, 0.15) is 0 Å². The maximum Gasteiger partial charge on any atom is 0.0469 e. The van der Waals surface area contributed by atoms with Gasteiger partial charge in [-0.3, -0.25) is 0 Å². The molecule has 1 saturated carbocycles. The van der Waals surface area contributed by atoms with Crippen molar-refractivity contribution in [2.24, 2.45) is 5.92 Å². The van der Waals surface area contributed by atoms with Crippen LogP contribution in [0.15, 0.2) is 24.3 Å². The van der Waals surface area contributed by atoms with Crippen LogP contribution in [0, 0.1) is 5.92 Å². The van der Waals surface area contributed by atoms with Crippen LogP contribution >= 0.6 is 11.6 Å².